The first kappa shape index (κ1) is 12.0. The zero-order chi connectivity index (χ0) is 12.6. The predicted molar refractivity (Wildman–Crippen MR) is 56.9 cm³/mol. The van der Waals surface area contributed by atoms with Gasteiger partial charge in [0.15, 0.2) is 0 Å². The molecule has 0 bridgehead atoms. The van der Waals surface area contributed by atoms with Crippen LogP contribution in [0.3, 0.4) is 0 Å². The fourth-order valence-electron chi connectivity index (χ4n) is 2.15. The number of amides is 1. The molecule has 2 heterocycles. The van der Waals surface area contributed by atoms with Gasteiger partial charge in [-0.25, -0.2) is 4.98 Å². The molecule has 4 N–H and O–H groups in total. The lowest BCUT2D eigenvalue weighted by molar-refractivity contribution is -0.123. The molecule has 0 aromatic carbocycles. The molecule has 0 saturated carbocycles. The lowest BCUT2D eigenvalue weighted by Crippen LogP contribution is -2.51. The number of nitrogens with one attached hydrogen (secondary N) is 1. The third kappa shape index (κ3) is 1.92. The summed E-state index contributed by atoms with van der Waals surface area (Å²) in [4.78, 5) is 15.1. The molecule has 7 nitrogen and oxygen atoms in total. The SMILES string of the molecule is CC(=O)NC1c2nccn2C(CO)C(O)C1O. The molecule has 0 fully saturated rings. The van der Waals surface area contributed by atoms with Crippen molar-refractivity contribution in [2.24, 2.45) is 0 Å². The number of hydrogen-bond acceptors (Lipinski definition) is 5. The van der Waals surface area contributed by atoms with Crippen LogP contribution in [0.4, 0.5) is 0 Å². The molecule has 7 heteroatoms. The van der Waals surface area contributed by atoms with Gasteiger partial charge in [-0.3, -0.25) is 4.79 Å². The summed E-state index contributed by atoms with van der Waals surface area (Å²) in [5.74, 6) is 0.107. The maximum Gasteiger partial charge on any atom is 0.217 e. The molecule has 0 spiro atoms. The highest BCUT2D eigenvalue weighted by Crippen LogP contribution is 2.31. The average Bonchev–Trinajstić information content (AvgIpc) is 2.73. The van der Waals surface area contributed by atoms with Gasteiger partial charge in [0, 0.05) is 19.3 Å². The third-order valence-corrected chi connectivity index (χ3v) is 2.97. The van der Waals surface area contributed by atoms with Gasteiger partial charge in [-0.05, 0) is 0 Å². The number of aliphatic hydroxyl groups is 3. The molecule has 0 radical (unpaired) electrons. The van der Waals surface area contributed by atoms with Crippen molar-refractivity contribution in [3.63, 3.8) is 0 Å². The summed E-state index contributed by atoms with van der Waals surface area (Å²) < 4.78 is 1.57. The van der Waals surface area contributed by atoms with E-state index in [9.17, 15) is 20.1 Å². The lowest BCUT2D eigenvalue weighted by atomic mass is 9.94. The molecule has 1 aromatic rings. The van der Waals surface area contributed by atoms with Gasteiger partial charge in [0.25, 0.3) is 0 Å². The van der Waals surface area contributed by atoms with Gasteiger partial charge in [0.1, 0.15) is 24.1 Å². The molecule has 4 atom stereocenters. The Labute approximate surface area is 97.7 Å². The standard InChI is InChI=1S/C10H15N3O4/c1-5(15)12-7-9(17)8(16)6(4-14)13-3-2-11-10(7)13/h2-3,6-9,14,16-17H,4H2,1H3,(H,12,15). The topological polar surface area (TPSA) is 108 Å². The molecule has 17 heavy (non-hydrogen) atoms. The van der Waals surface area contributed by atoms with Crippen LogP contribution in [0.2, 0.25) is 0 Å². The summed E-state index contributed by atoms with van der Waals surface area (Å²) in [5, 5.41) is 31.5. The van der Waals surface area contributed by atoms with E-state index in [-0.39, 0.29) is 12.5 Å². The predicted octanol–water partition coefficient (Wildman–Crippen LogP) is -1.67. The van der Waals surface area contributed by atoms with E-state index in [0.29, 0.717) is 5.82 Å². The minimum Gasteiger partial charge on any atom is -0.394 e. The Kier molecular flexibility index (Phi) is 3.14. The summed E-state index contributed by atoms with van der Waals surface area (Å²) >= 11 is 0. The average molecular weight is 241 g/mol. The Hall–Kier alpha value is -1.44. The third-order valence-electron chi connectivity index (χ3n) is 2.97. The van der Waals surface area contributed by atoms with Crippen molar-refractivity contribution in [3.05, 3.63) is 18.2 Å². The largest absolute Gasteiger partial charge is 0.394 e. The minimum absolute atomic E-state index is 0.311. The highest BCUT2D eigenvalue weighted by molar-refractivity contribution is 5.73. The van der Waals surface area contributed by atoms with Crippen LogP contribution < -0.4 is 5.32 Å². The van der Waals surface area contributed by atoms with Gasteiger partial charge in [-0.15, -0.1) is 0 Å². The van der Waals surface area contributed by atoms with Gasteiger partial charge in [-0.2, -0.15) is 0 Å². The summed E-state index contributed by atoms with van der Waals surface area (Å²) in [6, 6.07) is -1.41. The van der Waals surface area contributed by atoms with Crippen LogP contribution in [0.1, 0.15) is 24.8 Å². The fourth-order valence-corrected chi connectivity index (χ4v) is 2.15. The van der Waals surface area contributed by atoms with Crippen LogP contribution in [0.15, 0.2) is 12.4 Å². The first-order chi connectivity index (χ1) is 8.06. The smallest absolute Gasteiger partial charge is 0.217 e. The minimum atomic E-state index is -1.19. The Morgan fingerprint density at radius 1 is 1.53 bits per heavy atom. The van der Waals surface area contributed by atoms with Gasteiger partial charge in [0.2, 0.25) is 5.91 Å². The van der Waals surface area contributed by atoms with E-state index in [2.05, 4.69) is 10.3 Å². The van der Waals surface area contributed by atoms with Crippen LogP contribution in [-0.4, -0.2) is 49.6 Å². The second kappa shape index (κ2) is 4.44. The normalized spacial score (nSPS) is 32.0. The number of carbonyl (C=O) groups excluding carboxylic acids is 1. The van der Waals surface area contributed by atoms with Crippen molar-refractivity contribution in [2.75, 3.05) is 6.61 Å². The maximum atomic E-state index is 11.1. The van der Waals surface area contributed by atoms with E-state index < -0.39 is 24.3 Å². The van der Waals surface area contributed by atoms with Gasteiger partial charge >= 0.3 is 0 Å². The van der Waals surface area contributed by atoms with Crippen molar-refractivity contribution in [3.8, 4) is 0 Å². The number of aliphatic hydroxyl groups excluding tert-OH is 3. The zero-order valence-corrected chi connectivity index (χ0v) is 9.32. The highest BCUT2D eigenvalue weighted by Gasteiger charge is 2.42. The first-order valence-electron chi connectivity index (χ1n) is 5.33. The van der Waals surface area contributed by atoms with Crippen LogP contribution in [0, 0.1) is 0 Å². The summed E-state index contributed by atoms with van der Waals surface area (Å²) in [7, 11) is 0. The second-order valence-electron chi connectivity index (χ2n) is 4.10. The number of carbonyl (C=O) groups is 1. The number of imidazole rings is 1. The Morgan fingerprint density at radius 2 is 2.24 bits per heavy atom. The van der Waals surface area contributed by atoms with E-state index in [0.717, 1.165) is 0 Å². The van der Waals surface area contributed by atoms with Crippen LogP contribution in [-0.2, 0) is 4.79 Å². The van der Waals surface area contributed by atoms with Gasteiger partial charge in [-0.1, -0.05) is 0 Å². The van der Waals surface area contributed by atoms with Gasteiger partial charge in [0.05, 0.1) is 12.6 Å². The van der Waals surface area contributed by atoms with E-state index in [1.807, 2.05) is 0 Å². The van der Waals surface area contributed by atoms with E-state index in [1.54, 1.807) is 10.8 Å². The first-order valence-corrected chi connectivity index (χ1v) is 5.33. The lowest BCUT2D eigenvalue weighted by Gasteiger charge is -2.37. The molecule has 1 amide bonds. The molecule has 94 valence electrons. The van der Waals surface area contributed by atoms with Crippen molar-refractivity contribution in [2.45, 2.75) is 31.2 Å². The van der Waals surface area contributed by atoms with Crippen molar-refractivity contribution < 1.29 is 20.1 Å². The highest BCUT2D eigenvalue weighted by atomic mass is 16.3. The Bertz CT molecular complexity index is 419. The number of fused-ring (bicyclic) bond motifs is 1. The quantitative estimate of drug-likeness (QED) is 0.495. The molecular formula is C10H15N3O4. The van der Waals surface area contributed by atoms with Crippen molar-refractivity contribution in [1.29, 1.82) is 0 Å². The van der Waals surface area contributed by atoms with Gasteiger partial charge < -0.3 is 25.2 Å². The number of aromatic nitrogens is 2. The Balaban J connectivity index is 2.39. The summed E-state index contributed by atoms with van der Waals surface area (Å²) in [5.41, 5.74) is 0. The molecule has 1 aliphatic rings. The maximum absolute atomic E-state index is 11.1. The molecular weight excluding hydrogens is 226 g/mol. The van der Waals surface area contributed by atoms with E-state index in [1.165, 1.54) is 13.1 Å². The molecule has 2 rings (SSSR count). The summed E-state index contributed by atoms with van der Waals surface area (Å²) in [6.45, 7) is 1.01. The number of rotatable bonds is 2. The number of hydrogen-bond donors (Lipinski definition) is 4. The van der Waals surface area contributed by atoms with Crippen LogP contribution in [0.5, 0.6) is 0 Å². The van der Waals surface area contributed by atoms with Crippen LogP contribution in [0.25, 0.3) is 0 Å². The fraction of sp³-hybridized carbons (Fsp3) is 0.600. The molecule has 0 aliphatic carbocycles. The van der Waals surface area contributed by atoms with Crippen molar-refractivity contribution >= 4 is 5.91 Å². The van der Waals surface area contributed by atoms with E-state index in [4.69, 9.17) is 0 Å². The second-order valence-corrected chi connectivity index (χ2v) is 4.10. The van der Waals surface area contributed by atoms with Crippen molar-refractivity contribution in [1.82, 2.24) is 14.9 Å². The monoisotopic (exact) mass is 241 g/mol. The number of nitrogens with zero attached hydrogens (tertiary/aromatic N) is 2. The zero-order valence-electron chi connectivity index (χ0n) is 9.32. The summed E-state index contributed by atoms with van der Waals surface area (Å²) in [6.07, 6.45) is 0.752. The van der Waals surface area contributed by atoms with E-state index >= 15 is 0 Å². The molecule has 4 unspecified atom stereocenters. The molecule has 1 aliphatic heterocycles. The Morgan fingerprint density at radius 3 is 2.82 bits per heavy atom. The molecule has 0 saturated heterocycles. The molecule has 1 aromatic heterocycles. The van der Waals surface area contributed by atoms with Crippen LogP contribution >= 0.6 is 0 Å².